The van der Waals surface area contributed by atoms with Gasteiger partial charge < -0.3 is 14.2 Å². The third kappa shape index (κ3) is 3.05. The minimum Gasteiger partial charge on any atom is -0.458 e. The van der Waals surface area contributed by atoms with E-state index in [2.05, 4.69) is 13.8 Å². The molecule has 0 saturated heterocycles. The van der Waals surface area contributed by atoms with Crippen LogP contribution in [-0.4, -0.2) is 28.9 Å². The van der Waals surface area contributed by atoms with E-state index in [0.717, 1.165) is 32.1 Å². The maximum Gasteiger partial charge on any atom is 0.509 e. The van der Waals surface area contributed by atoms with Gasteiger partial charge >= 0.3 is 12.1 Å². The van der Waals surface area contributed by atoms with Crippen molar-refractivity contribution in [3.05, 3.63) is 0 Å². The van der Waals surface area contributed by atoms with Gasteiger partial charge in [-0.1, -0.05) is 13.8 Å². The summed E-state index contributed by atoms with van der Waals surface area (Å²) in [7, 11) is 0. The molecule has 5 heteroatoms. The van der Waals surface area contributed by atoms with Gasteiger partial charge in [0.1, 0.15) is 16.8 Å². The zero-order chi connectivity index (χ0) is 20.1. The fourth-order valence-electron chi connectivity index (χ4n) is 6.16. The third-order valence-corrected chi connectivity index (χ3v) is 7.72. The number of carbonyl (C=O) groups excluding carboxylic acids is 2. The summed E-state index contributed by atoms with van der Waals surface area (Å²) in [5.41, 5.74) is -1.93. The average molecular weight is 379 g/mol. The molecule has 5 unspecified atom stereocenters. The molecule has 2 bridgehead atoms. The maximum atomic E-state index is 13.0. The summed E-state index contributed by atoms with van der Waals surface area (Å²) in [5.74, 6) is 0.514. The van der Waals surface area contributed by atoms with Crippen molar-refractivity contribution in [3.8, 4) is 0 Å². The van der Waals surface area contributed by atoms with Gasteiger partial charge in [-0.15, -0.1) is 0 Å². The lowest BCUT2D eigenvalue weighted by Crippen LogP contribution is -2.50. The molecule has 0 radical (unpaired) electrons. The summed E-state index contributed by atoms with van der Waals surface area (Å²) >= 11 is 0. The van der Waals surface area contributed by atoms with Crippen LogP contribution in [0.1, 0.15) is 87.0 Å². The van der Waals surface area contributed by atoms with E-state index in [1.165, 1.54) is 0 Å². The molecule has 0 aromatic carbocycles. The molecule has 4 saturated carbocycles. The van der Waals surface area contributed by atoms with Crippen molar-refractivity contribution in [1.82, 2.24) is 0 Å². The summed E-state index contributed by atoms with van der Waals surface area (Å²) in [5, 5.41) is 0. The van der Waals surface area contributed by atoms with E-state index in [4.69, 9.17) is 14.2 Å². The molecule has 4 rings (SSSR count). The minimum atomic E-state index is -0.647. The Morgan fingerprint density at radius 2 is 1.52 bits per heavy atom. The lowest BCUT2D eigenvalue weighted by Gasteiger charge is -2.45. The average Bonchev–Trinajstić information content (AvgIpc) is 3.15. The van der Waals surface area contributed by atoms with Gasteiger partial charge in [0.2, 0.25) is 0 Å². The van der Waals surface area contributed by atoms with Crippen LogP contribution in [0.15, 0.2) is 0 Å². The zero-order valence-corrected chi connectivity index (χ0v) is 17.9. The van der Waals surface area contributed by atoms with Crippen LogP contribution in [-0.2, 0) is 19.0 Å². The van der Waals surface area contributed by atoms with Crippen LogP contribution in [0.3, 0.4) is 0 Å². The number of ether oxygens (including phenoxy) is 3. The van der Waals surface area contributed by atoms with E-state index in [1.54, 1.807) is 0 Å². The first-order valence-electron chi connectivity index (χ1n) is 10.3. The Morgan fingerprint density at radius 1 is 0.889 bits per heavy atom. The Morgan fingerprint density at radius 3 is 2.07 bits per heavy atom. The van der Waals surface area contributed by atoms with Crippen LogP contribution in [0.4, 0.5) is 4.79 Å². The first-order valence-corrected chi connectivity index (χ1v) is 10.3. The van der Waals surface area contributed by atoms with Gasteiger partial charge in [-0.25, -0.2) is 4.79 Å². The number of rotatable bonds is 3. The van der Waals surface area contributed by atoms with E-state index in [9.17, 15) is 9.59 Å². The molecule has 0 aromatic rings. The number of hydrogen-bond donors (Lipinski definition) is 0. The minimum absolute atomic E-state index is 0.00488. The Hall–Kier alpha value is -1.26. The van der Waals surface area contributed by atoms with Gasteiger partial charge in [-0.2, -0.15) is 0 Å². The highest BCUT2D eigenvalue weighted by molar-refractivity contribution is 5.81. The van der Waals surface area contributed by atoms with Crippen LogP contribution < -0.4 is 0 Å². The highest BCUT2D eigenvalue weighted by atomic mass is 16.7. The molecule has 4 fully saturated rings. The second kappa shape index (κ2) is 5.01. The van der Waals surface area contributed by atoms with E-state index in [-0.39, 0.29) is 22.2 Å². The van der Waals surface area contributed by atoms with Gasteiger partial charge in [-0.3, -0.25) is 4.79 Å². The van der Waals surface area contributed by atoms with Crippen molar-refractivity contribution >= 4 is 12.1 Å². The summed E-state index contributed by atoms with van der Waals surface area (Å²) in [6.07, 6.45) is 4.63. The van der Waals surface area contributed by atoms with Gasteiger partial charge in [-0.05, 0) is 83.5 Å². The molecule has 4 aliphatic rings. The summed E-state index contributed by atoms with van der Waals surface area (Å²) in [6, 6.07) is 0. The highest BCUT2D eigenvalue weighted by Gasteiger charge is 2.74. The molecule has 0 heterocycles. The molecule has 27 heavy (non-hydrogen) atoms. The molecule has 5 nitrogen and oxygen atoms in total. The normalized spacial score (nSPS) is 46.3. The zero-order valence-electron chi connectivity index (χ0n) is 17.9. The van der Waals surface area contributed by atoms with Gasteiger partial charge in [0.05, 0.1) is 5.41 Å². The fraction of sp³-hybridized carbons (Fsp3) is 0.909. The van der Waals surface area contributed by atoms with E-state index in [1.807, 2.05) is 34.6 Å². The summed E-state index contributed by atoms with van der Waals surface area (Å²) in [6.45, 7) is 13.7. The van der Waals surface area contributed by atoms with Crippen molar-refractivity contribution in [2.45, 2.75) is 104 Å². The Labute approximate surface area is 162 Å². The fourth-order valence-corrected chi connectivity index (χ4v) is 6.16. The molecule has 1 spiro atoms. The predicted molar refractivity (Wildman–Crippen MR) is 100 cm³/mol. The van der Waals surface area contributed by atoms with Crippen LogP contribution in [0.25, 0.3) is 0 Å². The lowest BCUT2D eigenvalue weighted by atomic mass is 9.71. The first-order chi connectivity index (χ1) is 12.1. The molecular weight excluding hydrogens is 344 g/mol. The Balaban J connectivity index is 1.50. The molecule has 0 amide bonds. The van der Waals surface area contributed by atoms with Crippen molar-refractivity contribution in [1.29, 1.82) is 0 Å². The number of hydrogen-bond acceptors (Lipinski definition) is 5. The SMILES string of the molecule is CC(C)(C)OC(=O)OC1(C)CC2(OC(=O)C3(C)CC3(C)C)CC3CC3(C1)C2. The number of carbonyl (C=O) groups is 2. The topological polar surface area (TPSA) is 61.8 Å². The largest absolute Gasteiger partial charge is 0.509 e. The van der Waals surface area contributed by atoms with Crippen molar-refractivity contribution in [2.75, 3.05) is 0 Å². The second-order valence-electron chi connectivity index (χ2n) is 12.0. The summed E-state index contributed by atoms with van der Waals surface area (Å²) < 4.78 is 17.4. The van der Waals surface area contributed by atoms with Gasteiger partial charge in [0.25, 0.3) is 0 Å². The van der Waals surface area contributed by atoms with Crippen LogP contribution in [0, 0.1) is 22.2 Å². The smallest absolute Gasteiger partial charge is 0.458 e. The molecule has 152 valence electrons. The Bertz CT molecular complexity index is 706. The van der Waals surface area contributed by atoms with Gasteiger partial charge in [0.15, 0.2) is 0 Å². The first kappa shape index (κ1) is 19.1. The lowest BCUT2D eigenvalue weighted by molar-refractivity contribution is -0.183. The second-order valence-corrected chi connectivity index (χ2v) is 12.0. The third-order valence-electron chi connectivity index (χ3n) is 7.72. The van der Waals surface area contributed by atoms with Crippen LogP contribution in [0.2, 0.25) is 0 Å². The standard InChI is InChI=1S/C22H34O5/c1-17(2,3)26-16(24)27-19(6)11-21-8-14(21)9-22(12-19,13-21)25-15(23)20(7)10-18(20,4)5/h14H,8-13H2,1-7H3. The molecular formula is C22H34O5. The van der Waals surface area contributed by atoms with E-state index >= 15 is 0 Å². The van der Waals surface area contributed by atoms with Crippen LogP contribution >= 0.6 is 0 Å². The van der Waals surface area contributed by atoms with Crippen LogP contribution in [0.5, 0.6) is 0 Å². The Kier molecular flexibility index (Phi) is 3.54. The highest BCUT2D eigenvalue weighted by Crippen LogP contribution is 2.75. The molecule has 5 atom stereocenters. The monoisotopic (exact) mass is 378 g/mol. The van der Waals surface area contributed by atoms with Crippen molar-refractivity contribution in [2.24, 2.45) is 22.2 Å². The number of fused-ring (bicyclic) bond motifs is 1. The molecule has 0 aliphatic heterocycles. The quantitative estimate of drug-likeness (QED) is 0.646. The van der Waals surface area contributed by atoms with E-state index < -0.39 is 23.0 Å². The maximum absolute atomic E-state index is 13.0. The summed E-state index contributed by atoms with van der Waals surface area (Å²) in [4.78, 5) is 25.3. The number of esters is 1. The molecule has 0 aromatic heterocycles. The van der Waals surface area contributed by atoms with Crippen molar-refractivity contribution < 1.29 is 23.8 Å². The molecule has 0 N–H and O–H groups in total. The molecule has 4 aliphatic carbocycles. The van der Waals surface area contributed by atoms with Gasteiger partial charge in [0, 0.05) is 6.42 Å². The van der Waals surface area contributed by atoms with Crippen molar-refractivity contribution in [3.63, 3.8) is 0 Å². The predicted octanol–water partition coefficient (Wildman–Crippen LogP) is 5.01. The van der Waals surface area contributed by atoms with E-state index in [0.29, 0.717) is 12.3 Å².